The molecule has 6 nitrogen and oxygen atoms in total. The summed E-state index contributed by atoms with van der Waals surface area (Å²) in [6.07, 6.45) is 2.67. The molecule has 25 heavy (non-hydrogen) atoms. The van der Waals surface area contributed by atoms with Crippen LogP contribution in [-0.4, -0.2) is 53.1 Å². The van der Waals surface area contributed by atoms with Gasteiger partial charge in [-0.25, -0.2) is 0 Å². The van der Waals surface area contributed by atoms with Crippen LogP contribution >= 0.6 is 11.3 Å². The summed E-state index contributed by atoms with van der Waals surface area (Å²) in [6.45, 7) is 3.49. The summed E-state index contributed by atoms with van der Waals surface area (Å²) < 4.78 is 6.64. The molecule has 1 saturated heterocycles. The fourth-order valence-corrected chi connectivity index (χ4v) is 4.44. The van der Waals surface area contributed by atoms with Crippen molar-refractivity contribution in [3.8, 4) is 5.75 Å². The lowest BCUT2D eigenvalue weighted by Gasteiger charge is -2.46. The summed E-state index contributed by atoms with van der Waals surface area (Å²) in [6, 6.07) is 3.99. The van der Waals surface area contributed by atoms with Crippen LogP contribution in [0.5, 0.6) is 5.75 Å². The predicted octanol–water partition coefficient (Wildman–Crippen LogP) is 1.34. The fraction of sp³-hybridized carbons (Fsp3) is 0.444. The number of carbonyl (C=O) groups is 1. The van der Waals surface area contributed by atoms with E-state index in [9.17, 15) is 9.59 Å². The Hall–Kier alpha value is -2.12. The van der Waals surface area contributed by atoms with Gasteiger partial charge in [0, 0.05) is 56.4 Å². The number of hydrogen-bond donors (Lipinski definition) is 0. The summed E-state index contributed by atoms with van der Waals surface area (Å²) >= 11 is 1.84. The lowest BCUT2D eigenvalue weighted by molar-refractivity contribution is 0.0218. The second-order valence-electron chi connectivity index (χ2n) is 6.66. The van der Waals surface area contributed by atoms with Gasteiger partial charge in [0.1, 0.15) is 5.75 Å². The molecule has 0 N–H and O–H groups in total. The molecule has 0 radical (unpaired) electrons. The predicted molar refractivity (Wildman–Crippen MR) is 96.4 cm³/mol. The van der Waals surface area contributed by atoms with Crippen molar-refractivity contribution in [2.24, 2.45) is 7.05 Å². The minimum atomic E-state index is -0.185. The molecule has 0 atom stereocenters. The molecule has 4 rings (SSSR count). The van der Waals surface area contributed by atoms with Gasteiger partial charge in [-0.2, -0.15) is 0 Å². The van der Waals surface area contributed by atoms with Crippen LogP contribution < -0.4 is 10.3 Å². The molecule has 0 saturated carbocycles. The van der Waals surface area contributed by atoms with Gasteiger partial charge in [-0.05, 0) is 23.4 Å². The van der Waals surface area contributed by atoms with E-state index in [0.717, 1.165) is 32.6 Å². The van der Waals surface area contributed by atoms with Gasteiger partial charge >= 0.3 is 0 Å². The van der Waals surface area contributed by atoms with E-state index in [2.05, 4.69) is 16.3 Å². The number of aryl methyl sites for hydroxylation is 1. The number of aromatic nitrogens is 1. The Balaban J connectivity index is 1.43. The summed E-state index contributed by atoms with van der Waals surface area (Å²) in [5.41, 5.74) is 1.69. The van der Waals surface area contributed by atoms with Gasteiger partial charge in [-0.1, -0.05) is 0 Å². The Morgan fingerprint density at radius 3 is 2.92 bits per heavy atom. The van der Waals surface area contributed by atoms with Crippen LogP contribution in [0.2, 0.25) is 0 Å². The molecule has 0 unspecified atom stereocenters. The Kier molecular flexibility index (Phi) is 4.13. The molecule has 0 bridgehead atoms. The van der Waals surface area contributed by atoms with Crippen molar-refractivity contribution in [3.05, 3.63) is 50.1 Å². The summed E-state index contributed by atoms with van der Waals surface area (Å²) in [5, 5.41) is 2.16. The summed E-state index contributed by atoms with van der Waals surface area (Å²) in [4.78, 5) is 30.3. The Bertz CT molecular complexity index is 867. The Morgan fingerprint density at radius 2 is 2.16 bits per heavy atom. The van der Waals surface area contributed by atoms with Gasteiger partial charge in [-0.15, -0.1) is 11.3 Å². The third-order valence-corrected chi connectivity index (χ3v) is 6.17. The zero-order valence-electron chi connectivity index (χ0n) is 14.4. The highest BCUT2D eigenvalue weighted by Crippen LogP contribution is 2.29. The maximum atomic E-state index is 12.8. The molecule has 0 spiro atoms. The van der Waals surface area contributed by atoms with Crippen LogP contribution in [0.1, 0.15) is 20.8 Å². The highest BCUT2D eigenvalue weighted by atomic mass is 32.1. The maximum Gasteiger partial charge on any atom is 0.259 e. The molecule has 0 aliphatic carbocycles. The van der Waals surface area contributed by atoms with Gasteiger partial charge in [-0.3, -0.25) is 14.5 Å². The molecular weight excluding hydrogens is 338 g/mol. The average molecular weight is 359 g/mol. The number of thiophene rings is 1. The zero-order chi connectivity index (χ0) is 17.6. The first-order chi connectivity index (χ1) is 12.1. The highest BCUT2D eigenvalue weighted by molar-refractivity contribution is 7.10. The first-order valence-electron chi connectivity index (χ1n) is 8.40. The fourth-order valence-electron chi connectivity index (χ4n) is 3.55. The van der Waals surface area contributed by atoms with E-state index >= 15 is 0 Å². The standard InChI is InChI=1S/C18H21N3O3S/c1-19-11-14(15(24-2)7-17(19)22)18(23)21-9-13(10-21)20-5-3-16-12(8-20)4-6-25-16/h4,6-7,11,13H,3,5,8-10H2,1-2H3. The van der Waals surface area contributed by atoms with E-state index in [-0.39, 0.29) is 11.5 Å². The molecule has 2 aliphatic heterocycles. The largest absolute Gasteiger partial charge is 0.496 e. The van der Waals surface area contributed by atoms with Crippen molar-refractivity contribution in [2.45, 2.75) is 19.0 Å². The third-order valence-electron chi connectivity index (χ3n) is 5.14. The van der Waals surface area contributed by atoms with E-state index in [0.29, 0.717) is 17.4 Å². The van der Waals surface area contributed by atoms with Crippen LogP contribution in [-0.2, 0) is 20.0 Å². The van der Waals surface area contributed by atoms with E-state index < -0.39 is 0 Å². The number of hydrogen-bond acceptors (Lipinski definition) is 5. The lowest BCUT2D eigenvalue weighted by atomic mass is 10.0. The average Bonchev–Trinajstić information content (AvgIpc) is 3.03. The number of fused-ring (bicyclic) bond motifs is 1. The molecule has 1 amide bonds. The van der Waals surface area contributed by atoms with Crippen molar-refractivity contribution >= 4 is 17.2 Å². The van der Waals surface area contributed by atoms with Crippen molar-refractivity contribution in [3.63, 3.8) is 0 Å². The van der Waals surface area contributed by atoms with Gasteiger partial charge in [0.2, 0.25) is 0 Å². The van der Waals surface area contributed by atoms with Crippen LogP contribution in [0.25, 0.3) is 0 Å². The lowest BCUT2D eigenvalue weighted by Crippen LogP contribution is -2.61. The third kappa shape index (κ3) is 2.87. The maximum absolute atomic E-state index is 12.8. The minimum Gasteiger partial charge on any atom is -0.496 e. The first-order valence-corrected chi connectivity index (χ1v) is 9.28. The van der Waals surface area contributed by atoms with E-state index in [4.69, 9.17) is 4.74 Å². The number of pyridine rings is 1. The second kappa shape index (κ2) is 6.31. The van der Waals surface area contributed by atoms with Gasteiger partial charge in [0.25, 0.3) is 11.5 Å². The van der Waals surface area contributed by atoms with Gasteiger partial charge in [0.15, 0.2) is 0 Å². The van der Waals surface area contributed by atoms with Crippen LogP contribution in [0, 0.1) is 0 Å². The van der Waals surface area contributed by atoms with Gasteiger partial charge in [0.05, 0.1) is 12.7 Å². The first kappa shape index (κ1) is 16.4. The van der Waals surface area contributed by atoms with Crippen molar-refractivity contribution < 1.29 is 9.53 Å². The Labute approximate surface area is 150 Å². The molecule has 4 heterocycles. The van der Waals surface area contributed by atoms with Crippen LogP contribution in [0.3, 0.4) is 0 Å². The number of ether oxygens (including phenoxy) is 1. The number of carbonyl (C=O) groups excluding carboxylic acids is 1. The van der Waals surface area contributed by atoms with Crippen molar-refractivity contribution in [1.82, 2.24) is 14.4 Å². The normalized spacial score (nSPS) is 17.9. The number of nitrogens with zero attached hydrogens (tertiary/aromatic N) is 3. The molecule has 2 aromatic rings. The number of methoxy groups -OCH3 is 1. The van der Waals surface area contributed by atoms with Crippen molar-refractivity contribution in [1.29, 1.82) is 0 Å². The highest BCUT2D eigenvalue weighted by Gasteiger charge is 2.37. The molecule has 7 heteroatoms. The molecule has 1 fully saturated rings. The Morgan fingerprint density at radius 1 is 1.36 bits per heavy atom. The number of likely N-dealkylation sites (tertiary alicyclic amines) is 1. The van der Waals surface area contributed by atoms with E-state index in [1.54, 1.807) is 13.2 Å². The quantitative estimate of drug-likeness (QED) is 0.830. The molecule has 2 aromatic heterocycles. The number of rotatable bonds is 3. The molecular formula is C18H21N3O3S. The van der Waals surface area contributed by atoms with Crippen LogP contribution in [0.15, 0.2) is 28.5 Å². The molecule has 2 aliphatic rings. The van der Waals surface area contributed by atoms with Gasteiger partial charge < -0.3 is 14.2 Å². The SMILES string of the molecule is COc1cc(=O)n(C)cc1C(=O)N1CC(N2CCc3sccc3C2)C1. The van der Waals surface area contributed by atoms with Crippen LogP contribution in [0.4, 0.5) is 0 Å². The summed E-state index contributed by atoms with van der Waals surface area (Å²) in [5.74, 6) is 0.273. The number of amides is 1. The van der Waals surface area contributed by atoms with Crippen molar-refractivity contribution in [2.75, 3.05) is 26.7 Å². The molecule has 132 valence electrons. The topological polar surface area (TPSA) is 54.8 Å². The minimum absolute atomic E-state index is 0.0723. The monoisotopic (exact) mass is 359 g/mol. The second-order valence-corrected chi connectivity index (χ2v) is 7.66. The van der Waals surface area contributed by atoms with E-state index in [1.807, 2.05) is 16.2 Å². The smallest absolute Gasteiger partial charge is 0.259 e. The molecule has 0 aromatic carbocycles. The van der Waals surface area contributed by atoms with E-state index in [1.165, 1.54) is 28.2 Å². The summed E-state index contributed by atoms with van der Waals surface area (Å²) in [7, 11) is 3.13. The zero-order valence-corrected chi connectivity index (χ0v) is 15.2.